The van der Waals surface area contributed by atoms with Gasteiger partial charge >= 0.3 is 0 Å². The third kappa shape index (κ3) is 3.71. The fourth-order valence-corrected chi connectivity index (χ4v) is 1.52. The minimum Gasteiger partial charge on any atom is -0.383 e. The van der Waals surface area contributed by atoms with Crippen molar-refractivity contribution in [3.8, 4) is 0 Å². The number of aromatic nitrogens is 2. The van der Waals surface area contributed by atoms with Crippen molar-refractivity contribution >= 4 is 17.3 Å². The molecule has 1 heterocycles. The molecule has 0 saturated carbocycles. The molecule has 5 nitrogen and oxygen atoms in total. The van der Waals surface area contributed by atoms with Gasteiger partial charge in [-0.05, 0) is 12.8 Å². The number of methoxy groups -OCH3 is 1. The Kier molecular flexibility index (Phi) is 5.62. The van der Waals surface area contributed by atoms with Gasteiger partial charge in [-0.3, -0.25) is 4.79 Å². The van der Waals surface area contributed by atoms with Gasteiger partial charge in [0.2, 0.25) is 0 Å². The first-order valence-electron chi connectivity index (χ1n) is 5.98. The summed E-state index contributed by atoms with van der Waals surface area (Å²) in [6, 6.07) is 0.221. The van der Waals surface area contributed by atoms with Crippen LogP contribution < -0.4 is 10.9 Å². The van der Waals surface area contributed by atoms with Crippen LogP contribution in [0.3, 0.4) is 0 Å². The van der Waals surface area contributed by atoms with E-state index in [2.05, 4.69) is 24.3 Å². The van der Waals surface area contributed by atoms with E-state index in [-0.39, 0.29) is 16.6 Å². The molecule has 0 radical (unpaired) electrons. The predicted molar refractivity (Wildman–Crippen MR) is 73.3 cm³/mol. The molecule has 1 N–H and O–H groups in total. The Morgan fingerprint density at radius 3 is 2.72 bits per heavy atom. The minimum atomic E-state index is -0.297. The molecule has 102 valence electrons. The molecule has 1 unspecified atom stereocenters. The molecule has 0 saturated heterocycles. The topological polar surface area (TPSA) is 56.1 Å². The zero-order valence-corrected chi connectivity index (χ0v) is 12.0. The molecule has 0 aromatic carbocycles. The summed E-state index contributed by atoms with van der Waals surface area (Å²) in [4.78, 5) is 11.9. The molecule has 6 heteroatoms. The van der Waals surface area contributed by atoms with Gasteiger partial charge in [-0.1, -0.05) is 25.4 Å². The number of hydrogen-bond donors (Lipinski definition) is 1. The maximum Gasteiger partial charge on any atom is 0.287 e. The molecule has 18 heavy (non-hydrogen) atoms. The smallest absolute Gasteiger partial charge is 0.287 e. The van der Waals surface area contributed by atoms with Crippen LogP contribution in [0.2, 0.25) is 5.02 Å². The SMILES string of the molecule is COCCn1ncc(NC(C)C(C)C)c(Cl)c1=O. The van der Waals surface area contributed by atoms with Gasteiger partial charge in [0.15, 0.2) is 0 Å². The second-order valence-electron chi connectivity index (χ2n) is 4.57. The maximum absolute atomic E-state index is 11.9. The van der Waals surface area contributed by atoms with E-state index in [4.69, 9.17) is 16.3 Å². The van der Waals surface area contributed by atoms with E-state index in [1.54, 1.807) is 13.3 Å². The van der Waals surface area contributed by atoms with E-state index < -0.39 is 0 Å². The van der Waals surface area contributed by atoms with E-state index in [9.17, 15) is 4.79 Å². The molecule has 0 spiro atoms. The second-order valence-corrected chi connectivity index (χ2v) is 4.95. The first-order valence-corrected chi connectivity index (χ1v) is 6.36. The molecular formula is C12H20ClN3O2. The summed E-state index contributed by atoms with van der Waals surface area (Å²) in [5.74, 6) is 0.442. The van der Waals surface area contributed by atoms with Crippen LogP contribution in [0.25, 0.3) is 0 Å². The van der Waals surface area contributed by atoms with Crippen molar-refractivity contribution in [1.29, 1.82) is 0 Å². The van der Waals surface area contributed by atoms with Gasteiger partial charge < -0.3 is 10.1 Å². The molecule has 0 aliphatic carbocycles. The van der Waals surface area contributed by atoms with E-state index in [1.807, 2.05) is 6.92 Å². The van der Waals surface area contributed by atoms with E-state index in [1.165, 1.54) is 4.68 Å². The number of rotatable bonds is 6. The Labute approximate surface area is 112 Å². The third-order valence-electron chi connectivity index (χ3n) is 2.88. The Hall–Kier alpha value is -1.07. The van der Waals surface area contributed by atoms with Crippen LogP contribution in [0, 0.1) is 5.92 Å². The standard InChI is InChI=1S/C12H20ClN3O2/c1-8(2)9(3)15-10-7-14-16(5-6-18-4)12(17)11(10)13/h7-9,15H,5-6H2,1-4H3. The van der Waals surface area contributed by atoms with Crippen LogP contribution >= 0.6 is 11.6 Å². The molecule has 1 atom stereocenters. The highest BCUT2D eigenvalue weighted by Gasteiger charge is 2.13. The number of hydrogen-bond acceptors (Lipinski definition) is 4. The Morgan fingerprint density at radius 1 is 1.50 bits per heavy atom. The molecule has 0 bridgehead atoms. The lowest BCUT2D eigenvalue weighted by molar-refractivity contribution is 0.182. The van der Waals surface area contributed by atoms with Gasteiger partial charge in [-0.15, -0.1) is 0 Å². The molecular weight excluding hydrogens is 254 g/mol. The van der Waals surface area contributed by atoms with Crippen molar-refractivity contribution in [3.05, 3.63) is 21.6 Å². The number of anilines is 1. The molecule has 1 aromatic heterocycles. The van der Waals surface area contributed by atoms with Crippen molar-refractivity contribution < 1.29 is 4.74 Å². The molecule has 1 aromatic rings. The Bertz CT molecular complexity index is 445. The molecule has 0 aliphatic rings. The zero-order chi connectivity index (χ0) is 13.7. The quantitative estimate of drug-likeness (QED) is 0.861. The van der Waals surface area contributed by atoms with Gasteiger partial charge in [0.05, 0.1) is 25.0 Å². The third-order valence-corrected chi connectivity index (χ3v) is 3.24. The van der Waals surface area contributed by atoms with Crippen LogP contribution in [-0.2, 0) is 11.3 Å². The summed E-state index contributed by atoms with van der Waals surface area (Å²) in [6.07, 6.45) is 1.58. The number of nitrogens with one attached hydrogen (secondary N) is 1. The van der Waals surface area contributed by atoms with E-state index >= 15 is 0 Å². The highest BCUT2D eigenvalue weighted by molar-refractivity contribution is 6.32. The lowest BCUT2D eigenvalue weighted by atomic mass is 10.1. The number of ether oxygens (including phenoxy) is 1. The first-order chi connectivity index (χ1) is 8.47. The van der Waals surface area contributed by atoms with Gasteiger partial charge in [-0.2, -0.15) is 5.10 Å². The predicted octanol–water partition coefficient (Wildman–Crippen LogP) is 2.00. The van der Waals surface area contributed by atoms with Gasteiger partial charge in [0.1, 0.15) is 5.02 Å². The van der Waals surface area contributed by atoms with E-state index in [0.29, 0.717) is 24.8 Å². The summed E-state index contributed by atoms with van der Waals surface area (Å²) >= 11 is 6.05. The Morgan fingerprint density at radius 2 is 2.17 bits per heavy atom. The van der Waals surface area contributed by atoms with Crippen LogP contribution in [0.4, 0.5) is 5.69 Å². The van der Waals surface area contributed by atoms with Crippen molar-refractivity contribution in [2.45, 2.75) is 33.4 Å². The van der Waals surface area contributed by atoms with Crippen LogP contribution in [0.5, 0.6) is 0 Å². The van der Waals surface area contributed by atoms with Crippen molar-refractivity contribution in [3.63, 3.8) is 0 Å². The molecule has 0 fully saturated rings. The van der Waals surface area contributed by atoms with Crippen LogP contribution in [0.15, 0.2) is 11.0 Å². The van der Waals surface area contributed by atoms with Crippen molar-refractivity contribution in [2.75, 3.05) is 19.0 Å². The molecule has 0 aliphatic heterocycles. The van der Waals surface area contributed by atoms with Gasteiger partial charge in [0, 0.05) is 13.2 Å². The average Bonchev–Trinajstić information content (AvgIpc) is 2.34. The zero-order valence-electron chi connectivity index (χ0n) is 11.2. The lowest BCUT2D eigenvalue weighted by Gasteiger charge is -2.19. The normalized spacial score (nSPS) is 12.8. The summed E-state index contributed by atoms with van der Waals surface area (Å²) in [6.45, 7) is 7.06. The van der Waals surface area contributed by atoms with E-state index in [0.717, 1.165) is 0 Å². The molecule has 0 amide bonds. The highest BCUT2D eigenvalue weighted by Crippen LogP contribution is 2.18. The van der Waals surface area contributed by atoms with Crippen LogP contribution in [-0.4, -0.2) is 29.5 Å². The average molecular weight is 274 g/mol. The fraction of sp³-hybridized carbons (Fsp3) is 0.667. The summed E-state index contributed by atoms with van der Waals surface area (Å²) < 4.78 is 6.21. The van der Waals surface area contributed by atoms with Crippen molar-refractivity contribution in [1.82, 2.24) is 9.78 Å². The Balaban J connectivity index is 2.90. The minimum absolute atomic E-state index is 0.175. The second kappa shape index (κ2) is 6.75. The highest BCUT2D eigenvalue weighted by atomic mass is 35.5. The van der Waals surface area contributed by atoms with Crippen molar-refractivity contribution in [2.24, 2.45) is 5.92 Å². The summed E-state index contributed by atoms with van der Waals surface area (Å²) in [5, 5.41) is 7.44. The number of nitrogens with zero attached hydrogens (tertiary/aromatic N) is 2. The largest absolute Gasteiger partial charge is 0.383 e. The lowest BCUT2D eigenvalue weighted by Crippen LogP contribution is -2.28. The van der Waals surface area contributed by atoms with Gasteiger partial charge in [-0.25, -0.2) is 4.68 Å². The monoisotopic (exact) mass is 273 g/mol. The van der Waals surface area contributed by atoms with Gasteiger partial charge in [0.25, 0.3) is 5.56 Å². The van der Waals surface area contributed by atoms with Crippen LogP contribution in [0.1, 0.15) is 20.8 Å². The maximum atomic E-state index is 11.9. The fourth-order valence-electron chi connectivity index (χ4n) is 1.31. The first kappa shape index (κ1) is 15.0. The number of halogens is 1. The summed E-state index contributed by atoms with van der Waals surface area (Å²) in [7, 11) is 1.58. The molecule has 1 rings (SSSR count). The summed E-state index contributed by atoms with van der Waals surface area (Å²) in [5.41, 5.74) is 0.284.